The molecule has 7 nitrogen and oxygen atoms in total. The number of carbonyl (C=O) groups is 2. The minimum absolute atomic E-state index is 0.118. The molecule has 0 aromatic heterocycles. The Balaban J connectivity index is 1.60. The van der Waals surface area contributed by atoms with Gasteiger partial charge in [0.25, 0.3) is 5.91 Å². The number of sulfonamides is 1. The van der Waals surface area contributed by atoms with Crippen LogP contribution in [0.15, 0.2) is 53.4 Å². The topological polar surface area (TPSA) is 95.6 Å². The van der Waals surface area contributed by atoms with E-state index in [2.05, 4.69) is 10.6 Å². The van der Waals surface area contributed by atoms with Crippen LogP contribution in [0.25, 0.3) is 0 Å². The van der Waals surface area contributed by atoms with E-state index in [0.717, 1.165) is 0 Å². The first kappa shape index (κ1) is 21.3. The van der Waals surface area contributed by atoms with Crippen molar-refractivity contribution in [1.29, 1.82) is 0 Å². The van der Waals surface area contributed by atoms with Gasteiger partial charge in [-0.2, -0.15) is 4.31 Å². The van der Waals surface area contributed by atoms with Crippen molar-refractivity contribution in [1.82, 2.24) is 9.62 Å². The maximum absolute atomic E-state index is 12.8. The highest BCUT2D eigenvalue weighted by Crippen LogP contribution is 2.23. The smallest absolute Gasteiger partial charge is 0.253 e. The largest absolute Gasteiger partial charge is 0.349 e. The lowest BCUT2D eigenvalue weighted by Crippen LogP contribution is -2.46. The Bertz CT molecular complexity index is 1000. The Labute approximate surface area is 175 Å². The standard InChI is InChI=1S/C20H22ClN3O4S/c1-14(25)22-15-6-8-17(9-7-15)29(27,28)24-12-10-16(11-13-24)23-20(26)18-4-2-3-5-19(18)21/h2-9,16H,10-13H2,1H3,(H,22,25)(H,23,26). The number of rotatable bonds is 5. The molecule has 1 heterocycles. The van der Waals surface area contributed by atoms with Gasteiger partial charge in [0.2, 0.25) is 15.9 Å². The predicted octanol–water partition coefficient (Wildman–Crippen LogP) is 2.88. The Morgan fingerprint density at radius 2 is 1.66 bits per heavy atom. The van der Waals surface area contributed by atoms with E-state index in [1.54, 1.807) is 36.4 Å². The molecule has 2 amide bonds. The van der Waals surface area contributed by atoms with Gasteiger partial charge in [-0.05, 0) is 49.2 Å². The lowest BCUT2D eigenvalue weighted by molar-refractivity contribution is -0.114. The second-order valence-corrected chi connectivity index (χ2v) is 9.18. The van der Waals surface area contributed by atoms with E-state index in [-0.39, 0.29) is 22.8 Å². The number of benzene rings is 2. The van der Waals surface area contributed by atoms with E-state index >= 15 is 0 Å². The van der Waals surface area contributed by atoms with Crippen LogP contribution in [-0.2, 0) is 14.8 Å². The van der Waals surface area contributed by atoms with Crippen molar-refractivity contribution in [3.8, 4) is 0 Å². The molecule has 1 aliphatic rings. The third kappa shape index (κ3) is 5.14. The third-order valence-electron chi connectivity index (χ3n) is 4.72. The molecule has 29 heavy (non-hydrogen) atoms. The number of carbonyl (C=O) groups excluding carboxylic acids is 2. The lowest BCUT2D eigenvalue weighted by atomic mass is 10.1. The van der Waals surface area contributed by atoms with Crippen LogP contribution in [0.2, 0.25) is 5.02 Å². The molecule has 3 rings (SSSR count). The van der Waals surface area contributed by atoms with Crippen molar-refractivity contribution in [2.45, 2.75) is 30.7 Å². The predicted molar refractivity (Wildman–Crippen MR) is 111 cm³/mol. The number of halogens is 1. The summed E-state index contributed by atoms with van der Waals surface area (Å²) in [4.78, 5) is 23.6. The zero-order valence-electron chi connectivity index (χ0n) is 15.9. The Morgan fingerprint density at radius 3 is 2.24 bits per heavy atom. The summed E-state index contributed by atoms with van der Waals surface area (Å²) in [5, 5.41) is 5.92. The van der Waals surface area contributed by atoms with Gasteiger partial charge < -0.3 is 10.6 Å². The second kappa shape index (κ2) is 8.94. The Morgan fingerprint density at radius 1 is 1.03 bits per heavy atom. The summed E-state index contributed by atoms with van der Waals surface area (Å²) in [6, 6.07) is 12.8. The molecule has 0 bridgehead atoms. The molecule has 0 spiro atoms. The number of piperidine rings is 1. The molecule has 2 aromatic carbocycles. The Hall–Kier alpha value is -2.42. The zero-order chi connectivity index (χ0) is 21.0. The van der Waals surface area contributed by atoms with Crippen LogP contribution in [0.4, 0.5) is 5.69 Å². The van der Waals surface area contributed by atoms with Gasteiger partial charge in [-0.25, -0.2) is 8.42 Å². The van der Waals surface area contributed by atoms with Crippen LogP contribution in [0.5, 0.6) is 0 Å². The molecule has 2 aromatic rings. The van der Waals surface area contributed by atoms with Gasteiger partial charge >= 0.3 is 0 Å². The van der Waals surface area contributed by atoms with Crippen LogP contribution < -0.4 is 10.6 Å². The highest BCUT2D eigenvalue weighted by Gasteiger charge is 2.30. The SMILES string of the molecule is CC(=O)Nc1ccc(S(=O)(=O)N2CCC(NC(=O)c3ccccc3Cl)CC2)cc1. The molecule has 1 aliphatic heterocycles. The molecule has 1 saturated heterocycles. The summed E-state index contributed by atoms with van der Waals surface area (Å²) in [5.74, 6) is -0.480. The monoisotopic (exact) mass is 435 g/mol. The number of hydrogen-bond acceptors (Lipinski definition) is 4. The quantitative estimate of drug-likeness (QED) is 0.754. The molecule has 154 valence electrons. The van der Waals surface area contributed by atoms with E-state index in [1.807, 2.05) is 0 Å². The zero-order valence-corrected chi connectivity index (χ0v) is 17.5. The maximum atomic E-state index is 12.8. The number of nitrogens with one attached hydrogen (secondary N) is 2. The molecule has 0 unspecified atom stereocenters. The molecule has 0 aliphatic carbocycles. The number of anilines is 1. The second-order valence-electron chi connectivity index (χ2n) is 6.84. The van der Waals surface area contributed by atoms with Crippen molar-refractivity contribution in [2.24, 2.45) is 0 Å². The molecular weight excluding hydrogens is 414 g/mol. The lowest BCUT2D eigenvalue weighted by Gasteiger charge is -2.31. The van der Waals surface area contributed by atoms with Gasteiger partial charge in [0.15, 0.2) is 0 Å². The average Bonchev–Trinajstić information content (AvgIpc) is 2.68. The minimum Gasteiger partial charge on any atom is -0.349 e. The Kier molecular flexibility index (Phi) is 6.56. The van der Waals surface area contributed by atoms with Gasteiger partial charge in [-0.1, -0.05) is 23.7 Å². The molecule has 1 fully saturated rings. The van der Waals surface area contributed by atoms with Gasteiger partial charge in [0.1, 0.15) is 0 Å². The molecule has 0 saturated carbocycles. The average molecular weight is 436 g/mol. The fraction of sp³-hybridized carbons (Fsp3) is 0.300. The van der Waals surface area contributed by atoms with Gasteiger partial charge in [-0.3, -0.25) is 9.59 Å². The highest BCUT2D eigenvalue weighted by atomic mass is 35.5. The van der Waals surface area contributed by atoms with Crippen LogP contribution in [0.1, 0.15) is 30.1 Å². The van der Waals surface area contributed by atoms with E-state index in [9.17, 15) is 18.0 Å². The summed E-state index contributed by atoms with van der Waals surface area (Å²) in [7, 11) is -3.63. The summed E-state index contributed by atoms with van der Waals surface area (Å²) >= 11 is 6.05. The van der Waals surface area contributed by atoms with Crippen molar-refractivity contribution >= 4 is 39.1 Å². The van der Waals surface area contributed by atoms with Crippen molar-refractivity contribution < 1.29 is 18.0 Å². The van der Waals surface area contributed by atoms with E-state index in [4.69, 9.17) is 11.6 Å². The highest BCUT2D eigenvalue weighted by molar-refractivity contribution is 7.89. The fourth-order valence-corrected chi connectivity index (χ4v) is 4.90. The fourth-order valence-electron chi connectivity index (χ4n) is 3.21. The first-order valence-electron chi connectivity index (χ1n) is 9.20. The van der Waals surface area contributed by atoms with Crippen molar-refractivity contribution in [3.63, 3.8) is 0 Å². The molecule has 0 radical (unpaired) electrons. The van der Waals surface area contributed by atoms with Gasteiger partial charge in [-0.15, -0.1) is 0 Å². The summed E-state index contributed by atoms with van der Waals surface area (Å²) in [6.45, 7) is 2.01. The number of amides is 2. The van der Waals surface area contributed by atoms with E-state index in [1.165, 1.54) is 23.4 Å². The molecule has 9 heteroatoms. The van der Waals surface area contributed by atoms with Crippen LogP contribution in [0, 0.1) is 0 Å². The van der Waals surface area contributed by atoms with Crippen molar-refractivity contribution in [3.05, 3.63) is 59.1 Å². The summed E-state index contributed by atoms with van der Waals surface area (Å²) in [6.07, 6.45) is 1.03. The summed E-state index contributed by atoms with van der Waals surface area (Å²) < 4.78 is 27.1. The number of nitrogens with zero attached hydrogens (tertiary/aromatic N) is 1. The minimum atomic E-state index is -3.63. The third-order valence-corrected chi connectivity index (χ3v) is 6.96. The first-order valence-corrected chi connectivity index (χ1v) is 11.0. The number of hydrogen-bond donors (Lipinski definition) is 2. The van der Waals surface area contributed by atoms with Crippen molar-refractivity contribution in [2.75, 3.05) is 18.4 Å². The van der Waals surface area contributed by atoms with Crippen LogP contribution in [0.3, 0.4) is 0 Å². The molecular formula is C20H22ClN3O4S. The van der Waals surface area contributed by atoms with Gasteiger partial charge in [0.05, 0.1) is 15.5 Å². The first-order chi connectivity index (χ1) is 13.8. The van der Waals surface area contributed by atoms with Crippen LogP contribution >= 0.6 is 11.6 Å². The summed E-state index contributed by atoms with van der Waals surface area (Å²) in [5.41, 5.74) is 0.945. The normalized spacial score (nSPS) is 15.7. The molecule has 2 N–H and O–H groups in total. The maximum Gasteiger partial charge on any atom is 0.253 e. The van der Waals surface area contributed by atoms with Crippen LogP contribution in [-0.4, -0.2) is 43.7 Å². The van der Waals surface area contributed by atoms with E-state index < -0.39 is 10.0 Å². The van der Waals surface area contributed by atoms with E-state index in [0.29, 0.717) is 42.2 Å². The molecule has 0 atom stereocenters. The van der Waals surface area contributed by atoms with Gasteiger partial charge in [0, 0.05) is 31.7 Å².